The van der Waals surface area contributed by atoms with Gasteiger partial charge in [-0.25, -0.2) is 4.79 Å². The first-order valence-corrected chi connectivity index (χ1v) is 6.29. The molecular weight excluding hydrogens is 343 g/mol. The second-order valence-electron chi connectivity index (χ2n) is 3.78. The van der Waals surface area contributed by atoms with Crippen LogP contribution in [-0.2, 0) is 9.59 Å². The van der Waals surface area contributed by atoms with Crippen molar-refractivity contribution in [1.29, 1.82) is 0 Å². The van der Waals surface area contributed by atoms with Gasteiger partial charge in [-0.1, -0.05) is 0 Å². The van der Waals surface area contributed by atoms with Crippen LogP contribution in [0.25, 0.3) is 0 Å². The van der Waals surface area contributed by atoms with Gasteiger partial charge in [0.2, 0.25) is 5.91 Å². The minimum Gasteiger partial charge on any atom is -0.477 e. The fourth-order valence-electron chi connectivity index (χ4n) is 1.82. The number of β-lactam (4-membered cyclic amide) rings is 1. The van der Waals surface area contributed by atoms with Crippen LogP contribution in [0.2, 0.25) is 0 Å². The summed E-state index contributed by atoms with van der Waals surface area (Å²) in [4.78, 5) is 24.1. The maximum Gasteiger partial charge on any atom is 0.353 e. The van der Waals surface area contributed by atoms with Crippen LogP contribution in [0.5, 0.6) is 0 Å². The fourth-order valence-corrected chi connectivity index (χ4v) is 3.06. The average Bonchev–Trinajstić information content (AvgIpc) is 2.41. The van der Waals surface area contributed by atoms with E-state index in [1.54, 1.807) is 0 Å². The molecule has 2 heterocycles. The largest absolute Gasteiger partial charge is 0.477 e. The third kappa shape index (κ3) is 3.59. The summed E-state index contributed by atoms with van der Waals surface area (Å²) in [7, 11) is 0. The summed E-state index contributed by atoms with van der Waals surface area (Å²) in [6, 6.07) is -0.639. The molecule has 0 saturated carbocycles. The van der Waals surface area contributed by atoms with Gasteiger partial charge in [0, 0.05) is 11.3 Å². The zero-order valence-corrected chi connectivity index (χ0v) is 13.0. The summed E-state index contributed by atoms with van der Waals surface area (Å²) in [5.41, 5.74) is 8.36. The Morgan fingerprint density at radius 1 is 1.52 bits per heavy atom. The average molecular weight is 357 g/mol. The van der Waals surface area contributed by atoms with E-state index in [2.05, 4.69) is 15.6 Å². The summed E-state index contributed by atoms with van der Waals surface area (Å²) in [5.74, 6) is 3.70. The highest BCUT2D eigenvalue weighted by Crippen LogP contribution is 2.38. The number of nitrogens with one attached hydrogen (secondary N) is 1. The molecule has 1 amide bonds. The molecule has 0 aromatic heterocycles. The molecular formula is C9H14Cl2N6O3S. The highest BCUT2D eigenvalue weighted by molar-refractivity contribution is 8.00. The third-order valence-electron chi connectivity index (χ3n) is 2.67. The summed E-state index contributed by atoms with van der Waals surface area (Å²) in [5, 5.41) is 15.8. The fraction of sp³-hybridized carbons (Fsp3) is 0.333. The molecule has 0 aromatic carbocycles. The van der Waals surface area contributed by atoms with Gasteiger partial charge in [0.05, 0.1) is 6.21 Å². The Balaban J connectivity index is 0.00000200. The molecule has 6 N–H and O–H groups in total. The topological polar surface area (TPSA) is 146 Å². The van der Waals surface area contributed by atoms with Gasteiger partial charge in [-0.15, -0.1) is 36.6 Å². The quantitative estimate of drug-likeness (QED) is 0.164. The predicted molar refractivity (Wildman–Crippen MR) is 84.5 cm³/mol. The number of nitrogens with zero attached hydrogens (tertiary/aromatic N) is 3. The first-order chi connectivity index (χ1) is 9.07. The van der Waals surface area contributed by atoms with Crippen LogP contribution in [0.4, 0.5) is 0 Å². The first-order valence-electron chi connectivity index (χ1n) is 5.25. The van der Waals surface area contributed by atoms with Gasteiger partial charge in [-0.2, -0.15) is 10.2 Å². The number of hydrogen-bond acceptors (Lipinski definition) is 7. The SMILES string of the molecule is Cl.Cl.NN=CNN=CC1=C(C(=O)O)N2C(=O)C(N)[C@H]2SC1. The molecule has 1 saturated heterocycles. The third-order valence-corrected chi connectivity index (χ3v) is 3.99. The van der Waals surface area contributed by atoms with Crippen LogP contribution in [0.1, 0.15) is 0 Å². The lowest BCUT2D eigenvalue weighted by atomic mass is 10.0. The van der Waals surface area contributed by atoms with E-state index < -0.39 is 17.9 Å². The Morgan fingerprint density at radius 2 is 2.19 bits per heavy atom. The molecule has 0 bridgehead atoms. The van der Waals surface area contributed by atoms with Gasteiger partial charge >= 0.3 is 5.97 Å². The molecule has 0 aromatic rings. The van der Waals surface area contributed by atoms with E-state index in [9.17, 15) is 14.7 Å². The van der Waals surface area contributed by atoms with Crippen LogP contribution in [0, 0.1) is 0 Å². The highest BCUT2D eigenvalue weighted by atomic mass is 35.5. The Bertz CT molecular complexity index is 512. The lowest BCUT2D eigenvalue weighted by Gasteiger charge is -2.47. The summed E-state index contributed by atoms with van der Waals surface area (Å²) < 4.78 is 0. The molecule has 12 heteroatoms. The molecule has 0 radical (unpaired) electrons. The van der Waals surface area contributed by atoms with Crippen molar-refractivity contribution in [3.8, 4) is 0 Å². The van der Waals surface area contributed by atoms with Crippen molar-refractivity contribution >= 4 is 61.0 Å². The van der Waals surface area contributed by atoms with Crippen molar-refractivity contribution in [3.63, 3.8) is 0 Å². The molecule has 2 atom stereocenters. The van der Waals surface area contributed by atoms with E-state index in [-0.39, 0.29) is 35.9 Å². The number of aliphatic carboxylic acids is 1. The van der Waals surface area contributed by atoms with Crippen LogP contribution in [0.15, 0.2) is 21.5 Å². The standard InChI is InChI=1S/C9H12N6O3S.2ClH/c10-5-7(16)15-6(9(17)18)4(2-19-8(5)15)1-13-14-3-12-11;;/h1,3,5,8H,2,10-11H2,(H,12,14)(H,17,18);2*1H/t5?,8-;;/m1../s1. The number of carbonyl (C=O) groups excluding carboxylic acids is 1. The number of thioether (sulfide) groups is 1. The molecule has 1 unspecified atom stereocenters. The van der Waals surface area contributed by atoms with Crippen molar-refractivity contribution in [2.75, 3.05) is 5.75 Å². The maximum atomic E-state index is 11.6. The Hall–Kier alpha value is -1.49. The summed E-state index contributed by atoms with van der Waals surface area (Å²) in [6.07, 6.45) is 2.46. The van der Waals surface area contributed by atoms with Crippen molar-refractivity contribution in [2.24, 2.45) is 21.8 Å². The number of carboxylic acids is 1. The van der Waals surface area contributed by atoms with Crippen LogP contribution in [-0.4, -0.2) is 51.6 Å². The van der Waals surface area contributed by atoms with Crippen molar-refractivity contribution in [2.45, 2.75) is 11.4 Å². The monoisotopic (exact) mass is 356 g/mol. The number of fused-ring (bicyclic) bond motifs is 1. The normalized spacial score (nSPS) is 24.2. The Labute approximate surface area is 136 Å². The number of carbonyl (C=O) groups is 2. The van der Waals surface area contributed by atoms with Gasteiger partial charge in [0.1, 0.15) is 23.5 Å². The predicted octanol–water partition coefficient (Wildman–Crippen LogP) is -1.11. The molecule has 9 nitrogen and oxygen atoms in total. The van der Waals surface area contributed by atoms with Crippen molar-refractivity contribution in [1.82, 2.24) is 10.3 Å². The molecule has 21 heavy (non-hydrogen) atoms. The second kappa shape index (κ2) is 8.08. The molecule has 2 aliphatic heterocycles. The molecule has 2 aliphatic rings. The smallest absolute Gasteiger partial charge is 0.353 e. The lowest BCUT2D eigenvalue weighted by Crippen LogP contribution is -2.68. The van der Waals surface area contributed by atoms with Crippen LogP contribution >= 0.6 is 36.6 Å². The molecule has 0 aliphatic carbocycles. The van der Waals surface area contributed by atoms with E-state index in [0.717, 1.165) is 6.34 Å². The number of rotatable bonds is 4. The first kappa shape index (κ1) is 19.5. The van der Waals surface area contributed by atoms with Gasteiger partial charge in [0.15, 0.2) is 0 Å². The summed E-state index contributed by atoms with van der Waals surface area (Å²) in [6.45, 7) is 0. The Kier molecular flexibility index (Phi) is 7.50. The highest BCUT2D eigenvalue weighted by Gasteiger charge is 2.51. The van der Waals surface area contributed by atoms with Gasteiger partial charge in [0.25, 0.3) is 0 Å². The lowest BCUT2D eigenvalue weighted by molar-refractivity contribution is -0.147. The zero-order chi connectivity index (χ0) is 14.0. The zero-order valence-electron chi connectivity index (χ0n) is 10.5. The van der Waals surface area contributed by atoms with E-state index >= 15 is 0 Å². The number of hydrazone groups is 2. The van der Waals surface area contributed by atoms with E-state index in [0.29, 0.717) is 11.3 Å². The number of halogens is 2. The van der Waals surface area contributed by atoms with E-state index in [1.807, 2.05) is 0 Å². The molecule has 118 valence electrons. The molecule has 2 rings (SSSR count). The number of carboxylic acid groups (broad SMARTS) is 1. The van der Waals surface area contributed by atoms with Gasteiger partial charge in [-0.3, -0.25) is 15.1 Å². The molecule has 1 fully saturated rings. The number of amides is 1. The van der Waals surface area contributed by atoms with E-state index in [4.69, 9.17) is 11.6 Å². The maximum absolute atomic E-state index is 11.6. The van der Waals surface area contributed by atoms with Gasteiger partial charge in [-0.05, 0) is 0 Å². The van der Waals surface area contributed by atoms with Crippen LogP contribution in [0.3, 0.4) is 0 Å². The minimum atomic E-state index is -1.18. The number of hydrogen-bond donors (Lipinski definition) is 4. The number of nitrogens with two attached hydrogens (primary N) is 2. The van der Waals surface area contributed by atoms with Crippen molar-refractivity contribution < 1.29 is 14.7 Å². The Morgan fingerprint density at radius 3 is 2.76 bits per heavy atom. The second-order valence-corrected chi connectivity index (χ2v) is 4.89. The summed E-state index contributed by atoms with van der Waals surface area (Å²) >= 11 is 1.40. The minimum absolute atomic E-state index is 0. The van der Waals surface area contributed by atoms with Crippen LogP contribution < -0.4 is 17.0 Å². The van der Waals surface area contributed by atoms with E-state index in [1.165, 1.54) is 22.9 Å². The van der Waals surface area contributed by atoms with Gasteiger partial charge < -0.3 is 16.7 Å². The molecule has 0 spiro atoms. The van der Waals surface area contributed by atoms with Crippen molar-refractivity contribution in [3.05, 3.63) is 11.3 Å².